The predicted octanol–water partition coefficient (Wildman–Crippen LogP) is 2.65. The molecule has 0 unspecified atom stereocenters. The van der Waals surface area contributed by atoms with Gasteiger partial charge >= 0.3 is 0 Å². The van der Waals surface area contributed by atoms with Crippen LogP contribution >= 0.6 is 0 Å². The number of hydrogen-bond acceptors (Lipinski definition) is 2. The number of rotatable bonds is 0. The molecule has 0 radical (unpaired) electrons. The Morgan fingerprint density at radius 1 is 1.06 bits per heavy atom. The van der Waals surface area contributed by atoms with Crippen LogP contribution in [0.1, 0.15) is 17.0 Å². The van der Waals surface area contributed by atoms with E-state index in [1.165, 1.54) is 0 Å². The minimum absolute atomic E-state index is 0.246. The van der Waals surface area contributed by atoms with Gasteiger partial charge < -0.3 is 5.73 Å². The van der Waals surface area contributed by atoms with Crippen molar-refractivity contribution in [3.63, 3.8) is 0 Å². The molecule has 4 heteroatoms. The molecule has 0 saturated heterocycles. The number of nitrogens with zero attached hydrogens (tertiary/aromatic N) is 1. The van der Waals surface area contributed by atoms with Crippen molar-refractivity contribution in [2.75, 3.05) is 5.73 Å². The molecule has 0 fully saturated rings. The Hall–Kier alpha value is -2.41. The van der Waals surface area contributed by atoms with Crippen molar-refractivity contribution >= 4 is 5.69 Å². The third-order valence-corrected chi connectivity index (χ3v) is 2.25. The van der Waals surface area contributed by atoms with E-state index in [1.54, 1.807) is 12.1 Å². The van der Waals surface area contributed by atoms with E-state index < -0.39 is 11.6 Å². The lowest BCUT2D eigenvalue weighted by molar-refractivity contribution is 0.582. The van der Waals surface area contributed by atoms with Crippen molar-refractivity contribution in [2.24, 2.45) is 0 Å². The predicted molar refractivity (Wildman–Crippen MR) is 65.7 cm³/mol. The Labute approximate surface area is 103 Å². The highest BCUT2D eigenvalue weighted by molar-refractivity contribution is 5.54. The highest BCUT2D eigenvalue weighted by Crippen LogP contribution is 2.10. The highest BCUT2D eigenvalue weighted by Gasteiger charge is 1.99. The number of benzene rings is 1. The molecule has 18 heavy (non-hydrogen) atoms. The average molecular weight is 244 g/mol. The summed E-state index contributed by atoms with van der Waals surface area (Å²) in [6.45, 7) is 1.81. The number of anilines is 1. The fraction of sp³-hybridized carbons (Fsp3) is 0.0714. The number of hydrogen-bond donors (Lipinski definition) is 1. The van der Waals surface area contributed by atoms with Gasteiger partial charge in [-0.25, -0.2) is 13.8 Å². The van der Waals surface area contributed by atoms with E-state index in [9.17, 15) is 8.78 Å². The lowest BCUT2D eigenvalue weighted by Crippen LogP contribution is -1.95. The molecule has 1 aromatic heterocycles. The van der Waals surface area contributed by atoms with Gasteiger partial charge in [0.1, 0.15) is 17.3 Å². The van der Waals surface area contributed by atoms with E-state index in [-0.39, 0.29) is 5.56 Å². The number of aromatic nitrogens is 1. The Balaban J connectivity index is 2.39. The number of nitrogens with two attached hydrogens (primary N) is 1. The number of halogens is 2. The zero-order valence-corrected chi connectivity index (χ0v) is 9.67. The molecule has 2 rings (SSSR count). The summed E-state index contributed by atoms with van der Waals surface area (Å²) in [6, 6.07) is 6.56. The van der Waals surface area contributed by atoms with Gasteiger partial charge in [-0.2, -0.15) is 0 Å². The third kappa shape index (κ3) is 2.83. The number of nitrogen functional groups attached to an aromatic ring is 1. The van der Waals surface area contributed by atoms with E-state index >= 15 is 0 Å². The first-order valence-corrected chi connectivity index (χ1v) is 5.26. The van der Waals surface area contributed by atoms with E-state index in [1.807, 2.05) is 6.92 Å². The molecule has 0 aliphatic rings. The SMILES string of the molecule is Cc1ccc(N)c(C#Cc2cc(F)cc(F)c2)n1. The number of aryl methyl sites for hydroxylation is 1. The molecule has 1 heterocycles. The van der Waals surface area contributed by atoms with Crippen LogP contribution < -0.4 is 5.73 Å². The van der Waals surface area contributed by atoms with Gasteiger partial charge in [-0.15, -0.1) is 0 Å². The highest BCUT2D eigenvalue weighted by atomic mass is 19.1. The van der Waals surface area contributed by atoms with Crippen LogP contribution in [0, 0.1) is 30.4 Å². The van der Waals surface area contributed by atoms with Gasteiger partial charge in [0.2, 0.25) is 0 Å². The Morgan fingerprint density at radius 3 is 2.39 bits per heavy atom. The Morgan fingerprint density at radius 2 is 1.72 bits per heavy atom. The molecule has 0 aliphatic carbocycles. The summed E-state index contributed by atoms with van der Waals surface area (Å²) in [4.78, 5) is 4.15. The van der Waals surface area contributed by atoms with Crippen LogP contribution in [0.5, 0.6) is 0 Å². The van der Waals surface area contributed by atoms with Gasteiger partial charge in [-0.3, -0.25) is 0 Å². The lowest BCUT2D eigenvalue weighted by Gasteiger charge is -1.98. The molecule has 2 N–H and O–H groups in total. The Kier molecular flexibility index (Phi) is 3.24. The van der Waals surface area contributed by atoms with Crippen molar-refractivity contribution in [2.45, 2.75) is 6.92 Å². The molecule has 0 bridgehead atoms. The second-order valence-corrected chi connectivity index (χ2v) is 3.80. The molecule has 0 atom stereocenters. The van der Waals surface area contributed by atoms with E-state index in [0.717, 1.165) is 23.9 Å². The van der Waals surface area contributed by atoms with Crippen LogP contribution in [0.15, 0.2) is 30.3 Å². The summed E-state index contributed by atoms with van der Waals surface area (Å²) < 4.78 is 25.9. The average Bonchev–Trinajstić information content (AvgIpc) is 2.29. The third-order valence-electron chi connectivity index (χ3n) is 2.25. The van der Waals surface area contributed by atoms with Gasteiger partial charge in [0.15, 0.2) is 0 Å². The van der Waals surface area contributed by atoms with Crippen LogP contribution in [0.2, 0.25) is 0 Å². The standard InChI is InChI=1S/C14H10F2N2/c1-9-2-4-13(17)14(18-9)5-3-10-6-11(15)8-12(16)7-10/h2,4,6-8H,17H2,1H3. The van der Waals surface area contributed by atoms with Crippen LogP contribution in [-0.2, 0) is 0 Å². The summed E-state index contributed by atoms with van der Waals surface area (Å²) in [5, 5.41) is 0. The fourth-order valence-electron chi connectivity index (χ4n) is 1.42. The molecular weight excluding hydrogens is 234 g/mol. The monoisotopic (exact) mass is 244 g/mol. The van der Waals surface area contributed by atoms with Crippen LogP contribution in [-0.4, -0.2) is 4.98 Å². The molecule has 2 aromatic rings. The lowest BCUT2D eigenvalue weighted by atomic mass is 10.2. The smallest absolute Gasteiger partial charge is 0.136 e. The fourth-order valence-corrected chi connectivity index (χ4v) is 1.42. The topological polar surface area (TPSA) is 38.9 Å². The van der Waals surface area contributed by atoms with Gasteiger partial charge in [0.05, 0.1) is 5.69 Å². The van der Waals surface area contributed by atoms with E-state index in [2.05, 4.69) is 16.8 Å². The minimum atomic E-state index is -0.663. The van der Waals surface area contributed by atoms with Gasteiger partial charge in [0.25, 0.3) is 0 Å². The normalized spacial score (nSPS) is 9.72. The Bertz CT molecular complexity index is 634. The summed E-state index contributed by atoms with van der Waals surface area (Å²) in [5.74, 6) is 4.02. The summed E-state index contributed by atoms with van der Waals surface area (Å²) in [5.41, 5.74) is 7.56. The van der Waals surface area contributed by atoms with Crippen molar-refractivity contribution in [3.8, 4) is 11.8 Å². The van der Waals surface area contributed by atoms with Gasteiger partial charge in [-0.05, 0) is 37.1 Å². The molecule has 0 spiro atoms. The zero-order valence-electron chi connectivity index (χ0n) is 9.67. The first-order chi connectivity index (χ1) is 8.54. The molecule has 2 nitrogen and oxygen atoms in total. The van der Waals surface area contributed by atoms with Crippen molar-refractivity contribution in [1.82, 2.24) is 4.98 Å². The maximum Gasteiger partial charge on any atom is 0.136 e. The first kappa shape index (κ1) is 12.1. The summed E-state index contributed by atoms with van der Waals surface area (Å²) >= 11 is 0. The van der Waals surface area contributed by atoms with Crippen LogP contribution in [0.3, 0.4) is 0 Å². The molecule has 0 saturated carbocycles. The minimum Gasteiger partial charge on any atom is -0.396 e. The molecular formula is C14H10F2N2. The molecule has 90 valence electrons. The maximum absolute atomic E-state index is 12.9. The second-order valence-electron chi connectivity index (χ2n) is 3.80. The summed E-state index contributed by atoms with van der Waals surface area (Å²) in [6.07, 6.45) is 0. The largest absolute Gasteiger partial charge is 0.396 e. The molecule has 0 amide bonds. The number of pyridine rings is 1. The van der Waals surface area contributed by atoms with Crippen molar-refractivity contribution in [3.05, 3.63) is 58.9 Å². The zero-order chi connectivity index (χ0) is 13.1. The molecule has 0 aliphatic heterocycles. The van der Waals surface area contributed by atoms with Gasteiger partial charge in [-0.1, -0.05) is 5.92 Å². The first-order valence-electron chi connectivity index (χ1n) is 5.26. The quantitative estimate of drug-likeness (QED) is 0.723. The van der Waals surface area contributed by atoms with Crippen LogP contribution in [0.25, 0.3) is 0 Å². The van der Waals surface area contributed by atoms with Crippen molar-refractivity contribution < 1.29 is 8.78 Å². The second kappa shape index (κ2) is 4.84. The van der Waals surface area contributed by atoms with E-state index in [0.29, 0.717) is 11.4 Å². The van der Waals surface area contributed by atoms with Crippen molar-refractivity contribution in [1.29, 1.82) is 0 Å². The molecule has 1 aromatic carbocycles. The maximum atomic E-state index is 12.9. The van der Waals surface area contributed by atoms with E-state index in [4.69, 9.17) is 5.73 Å². The van der Waals surface area contributed by atoms with Gasteiger partial charge in [0, 0.05) is 17.3 Å². The van der Waals surface area contributed by atoms with Crippen LogP contribution in [0.4, 0.5) is 14.5 Å². The summed E-state index contributed by atoms with van der Waals surface area (Å²) in [7, 11) is 0.